The molecule has 1 unspecified atom stereocenters. The van der Waals surface area contributed by atoms with E-state index in [0.717, 1.165) is 43.6 Å². The third-order valence-electron chi connectivity index (χ3n) is 6.24. The first-order valence-electron chi connectivity index (χ1n) is 9.51. The van der Waals surface area contributed by atoms with Gasteiger partial charge in [0.15, 0.2) is 0 Å². The van der Waals surface area contributed by atoms with Crippen molar-refractivity contribution in [1.82, 2.24) is 0 Å². The molecule has 1 spiro atoms. The van der Waals surface area contributed by atoms with Gasteiger partial charge in [-0.2, -0.15) is 4.89 Å². The highest BCUT2D eigenvalue weighted by Gasteiger charge is 2.62. The minimum absolute atomic E-state index is 0.143. The molecule has 4 saturated carbocycles. The Hall–Kier alpha value is -1.44. The summed E-state index contributed by atoms with van der Waals surface area (Å²) >= 11 is 0. The Balaban J connectivity index is 1.36. The molecule has 0 aromatic carbocycles. The van der Waals surface area contributed by atoms with Crippen LogP contribution in [0.1, 0.15) is 46.0 Å². The van der Waals surface area contributed by atoms with Crippen LogP contribution in [-0.2, 0) is 28.8 Å². The first-order chi connectivity index (χ1) is 12.4. The molecule has 1 aliphatic heterocycles. The highest BCUT2D eigenvalue weighted by Crippen LogP contribution is 2.61. The largest absolute Gasteiger partial charge is 0.516 e. The second-order valence-corrected chi connectivity index (χ2v) is 8.23. The van der Waals surface area contributed by atoms with Crippen molar-refractivity contribution in [2.24, 2.45) is 23.7 Å². The van der Waals surface area contributed by atoms with Crippen molar-refractivity contribution >= 4 is 12.1 Å². The van der Waals surface area contributed by atoms with Gasteiger partial charge in [0, 0.05) is 17.9 Å². The highest BCUT2D eigenvalue weighted by atomic mass is 17.2. The molecule has 5 aliphatic rings. The summed E-state index contributed by atoms with van der Waals surface area (Å²) in [5.74, 6) is 0.944. The molecule has 7 heteroatoms. The van der Waals surface area contributed by atoms with Gasteiger partial charge in [0.2, 0.25) is 5.79 Å². The van der Waals surface area contributed by atoms with Crippen molar-refractivity contribution in [2.75, 3.05) is 13.2 Å². The molecule has 7 nitrogen and oxygen atoms in total. The number of carbonyl (C=O) groups is 2. The summed E-state index contributed by atoms with van der Waals surface area (Å²) in [5.41, 5.74) is -0.909. The Morgan fingerprint density at radius 2 is 1.73 bits per heavy atom. The van der Waals surface area contributed by atoms with E-state index in [2.05, 4.69) is 9.47 Å². The average Bonchev–Trinajstić information content (AvgIpc) is 2.59. The quantitative estimate of drug-likeness (QED) is 0.328. The summed E-state index contributed by atoms with van der Waals surface area (Å²) < 4.78 is 15.3. The second kappa shape index (κ2) is 6.62. The molecule has 0 aromatic rings. The number of ether oxygens (including phenoxy) is 3. The predicted octanol–water partition coefficient (Wildman–Crippen LogP) is 3.13. The number of esters is 1. The van der Waals surface area contributed by atoms with E-state index < -0.39 is 23.5 Å². The molecule has 1 saturated heterocycles. The van der Waals surface area contributed by atoms with Crippen LogP contribution in [-0.4, -0.2) is 36.7 Å². The fourth-order valence-electron chi connectivity index (χ4n) is 5.26. The van der Waals surface area contributed by atoms with Gasteiger partial charge in [-0.3, -0.25) is 0 Å². The first-order valence-corrected chi connectivity index (χ1v) is 9.51. The zero-order valence-electron chi connectivity index (χ0n) is 15.3. The van der Waals surface area contributed by atoms with Gasteiger partial charge < -0.3 is 14.2 Å². The molecule has 0 amide bonds. The predicted molar refractivity (Wildman–Crippen MR) is 88.6 cm³/mol. The third-order valence-corrected chi connectivity index (χ3v) is 6.24. The highest BCUT2D eigenvalue weighted by molar-refractivity contribution is 5.89. The molecule has 5 fully saturated rings. The number of hydrogen-bond acceptors (Lipinski definition) is 7. The Labute approximate surface area is 152 Å². The summed E-state index contributed by atoms with van der Waals surface area (Å²) in [6.45, 7) is 3.83. The van der Waals surface area contributed by atoms with Crippen LogP contribution in [0.15, 0.2) is 12.2 Å². The molecule has 0 radical (unpaired) electrons. The number of hydrogen-bond donors (Lipinski definition) is 0. The lowest BCUT2D eigenvalue weighted by Crippen LogP contribution is -2.64. The smallest absolute Gasteiger partial charge is 0.434 e. The van der Waals surface area contributed by atoms with Crippen molar-refractivity contribution in [1.29, 1.82) is 0 Å². The number of rotatable bonds is 3. The summed E-state index contributed by atoms with van der Waals surface area (Å²) in [6.07, 6.45) is 7.56. The van der Waals surface area contributed by atoms with Gasteiger partial charge in [0.05, 0.1) is 13.2 Å². The first kappa shape index (κ1) is 17.9. The summed E-state index contributed by atoms with van der Waals surface area (Å²) in [5, 5.41) is 0. The molecule has 144 valence electrons. The maximum absolute atomic E-state index is 11.7. The number of carbonyl (C=O) groups excluding carboxylic acids is 2. The van der Waals surface area contributed by atoms with E-state index in [-0.39, 0.29) is 6.61 Å². The fourth-order valence-corrected chi connectivity index (χ4v) is 5.26. The van der Waals surface area contributed by atoms with Crippen molar-refractivity contribution in [2.45, 2.75) is 57.3 Å². The normalized spacial score (nSPS) is 43.8. The van der Waals surface area contributed by atoms with E-state index >= 15 is 0 Å². The minimum atomic E-state index is -1.02. The van der Waals surface area contributed by atoms with E-state index in [0.29, 0.717) is 18.4 Å². The molecule has 5 rings (SSSR count). The van der Waals surface area contributed by atoms with E-state index in [4.69, 9.17) is 14.5 Å². The van der Waals surface area contributed by atoms with Crippen molar-refractivity contribution < 1.29 is 33.6 Å². The van der Waals surface area contributed by atoms with Gasteiger partial charge >= 0.3 is 12.1 Å². The Morgan fingerprint density at radius 1 is 1.08 bits per heavy atom. The molecule has 0 aromatic heterocycles. The molecular weight excluding hydrogens is 340 g/mol. The second-order valence-electron chi connectivity index (χ2n) is 8.23. The molecular formula is C19H26O7. The van der Waals surface area contributed by atoms with Gasteiger partial charge in [0.1, 0.15) is 5.60 Å². The fraction of sp³-hybridized carbons (Fsp3) is 0.789. The molecule has 0 N–H and O–H groups in total. The van der Waals surface area contributed by atoms with Crippen LogP contribution < -0.4 is 0 Å². The van der Waals surface area contributed by atoms with Gasteiger partial charge in [0.25, 0.3) is 0 Å². The molecule has 1 heterocycles. The van der Waals surface area contributed by atoms with Crippen molar-refractivity contribution in [3.8, 4) is 0 Å². The van der Waals surface area contributed by atoms with E-state index in [1.165, 1.54) is 12.5 Å². The minimum Gasteiger partial charge on any atom is -0.434 e. The lowest BCUT2D eigenvalue weighted by atomic mass is 9.53. The van der Waals surface area contributed by atoms with Gasteiger partial charge in [-0.25, -0.2) is 14.5 Å². The van der Waals surface area contributed by atoms with Crippen molar-refractivity contribution in [3.63, 3.8) is 0 Å². The maximum atomic E-state index is 11.7. The average molecular weight is 366 g/mol. The lowest BCUT2D eigenvalue weighted by molar-refractivity contribution is -0.536. The van der Waals surface area contributed by atoms with E-state index in [1.807, 2.05) is 0 Å². The Morgan fingerprint density at radius 3 is 2.27 bits per heavy atom. The third kappa shape index (κ3) is 3.17. The van der Waals surface area contributed by atoms with E-state index in [9.17, 15) is 9.59 Å². The Bertz CT molecular complexity index is 573. The zero-order chi connectivity index (χ0) is 18.4. The molecule has 4 aliphatic carbocycles. The monoisotopic (exact) mass is 366 g/mol. The molecule has 26 heavy (non-hydrogen) atoms. The van der Waals surface area contributed by atoms with Crippen LogP contribution in [0.4, 0.5) is 4.79 Å². The Kier molecular flexibility index (Phi) is 4.57. The van der Waals surface area contributed by atoms with Gasteiger partial charge in [-0.1, -0.05) is 0 Å². The maximum Gasteiger partial charge on any atom is 0.516 e. The van der Waals surface area contributed by atoms with Crippen LogP contribution in [0.25, 0.3) is 0 Å². The van der Waals surface area contributed by atoms with Gasteiger partial charge in [-0.05, 0) is 63.9 Å². The van der Waals surface area contributed by atoms with Crippen LogP contribution in [0.3, 0.4) is 0 Å². The SMILES string of the molecule is CCOC(=O)OC(=O)/C=C/C1(C)COC2(OO1)C1CC3CC(C1)CC2C3. The van der Waals surface area contributed by atoms with Gasteiger partial charge in [-0.15, -0.1) is 0 Å². The van der Waals surface area contributed by atoms with Crippen LogP contribution in [0.2, 0.25) is 0 Å². The topological polar surface area (TPSA) is 80.3 Å². The van der Waals surface area contributed by atoms with Crippen LogP contribution in [0, 0.1) is 23.7 Å². The van der Waals surface area contributed by atoms with E-state index in [1.54, 1.807) is 13.8 Å². The zero-order valence-corrected chi connectivity index (χ0v) is 15.3. The molecule has 4 bridgehead atoms. The lowest BCUT2D eigenvalue weighted by Gasteiger charge is -2.61. The summed E-state index contributed by atoms with van der Waals surface area (Å²) in [6, 6.07) is 0. The molecule has 1 atom stereocenters. The van der Waals surface area contributed by atoms with Crippen molar-refractivity contribution in [3.05, 3.63) is 12.2 Å². The van der Waals surface area contributed by atoms with Crippen LogP contribution >= 0.6 is 0 Å². The van der Waals surface area contributed by atoms with Crippen LogP contribution in [0.5, 0.6) is 0 Å². The summed E-state index contributed by atoms with van der Waals surface area (Å²) in [7, 11) is 0. The summed E-state index contributed by atoms with van der Waals surface area (Å²) in [4.78, 5) is 34.4. The standard InChI is InChI=1S/C19H26O7/c1-3-22-17(21)24-16(20)4-5-18(2)11-23-19(26-25-18)14-7-12-6-13(9-14)10-15(19)8-12/h4-5,12-15H,3,6-11H2,1-2H3/b5-4+.